The smallest absolute Gasteiger partial charge is 0.174 e. The van der Waals surface area contributed by atoms with Gasteiger partial charge < -0.3 is 14.8 Å². The fraction of sp³-hybridized carbons (Fsp3) is 0.241. The average molecular weight is 467 g/mol. The fourth-order valence-corrected chi connectivity index (χ4v) is 5.44. The van der Waals surface area contributed by atoms with Crippen molar-refractivity contribution in [1.29, 1.82) is 0 Å². The lowest BCUT2D eigenvalue weighted by Crippen LogP contribution is -2.29. The van der Waals surface area contributed by atoms with Crippen LogP contribution in [0.15, 0.2) is 72.9 Å². The Labute approximate surface area is 207 Å². The van der Waals surface area contributed by atoms with Gasteiger partial charge in [0.25, 0.3) is 0 Å². The van der Waals surface area contributed by atoms with Crippen molar-refractivity contribution in [3.63, 3.8) is 0 Å². The molecule has 1 aliphatic heterocycles. The number of thiocarbonyl (C=S) groups is 1. The Bertz CT molecular complexity index is 1360. The second-order valence-electron chi connectivity index (χ2n) is 9.21. The molecule has 4 aromatic rings. The SMILES string of the molecule is Cc1ccc(N2C(=S)N[C@H](c3ccccn3)[C@@H]2c2cc(C)n(-c3cccc(C)c3C)c2C)cc1. The van der Waals surface area contributed by atoms with Gasteiger partial charge in [-0.2, -0.15) is 0 Å². The van der Waals surface area contributed by atoms with E-state index in [1.807, 2.05) is 18.3 Å². The van der Waals surface area contributed by atoms with Crippen molar-refractivity contribution >= 4 is 23.0 Å². The van der Waals surface area contributed by atoms with Gasteiger partial charge in [0.05, 0.1) is 17.8 Å². The van der Waals surface area contributed by atoms with Gasteiger partial charge in [0.2, 0.25) is 0 Å². The minimum absolute atomic E-state index is 0.0184. The maximum atomic E-state index is 5.90. The molecular formula is C29H30N4S. The van der Waals surface area contributed by atoms with Crippen LogP contribution in [0.5, 0.6) is 0 Å². The quantitative estimate of drug-likeness (QED) is 0.344. The van der Waals surface area contributed by atoms with E-state index in [4.69, 9.17) is 17.2 Å². The number of benzene rings is 2. The number of aryl methyl sites for hydroxylation is 3. The van der Waals surface area contributed by atoms with Crippen LogP contribution in [0.1, 0.15) is 51.4 Å². The molecule has 2 atom stereocenters. The summed E-state index contributed by atoms with van der Waals surface area (Å²) in [6.45, 7) is 10.9. The molecule has 0 saturated carbocycles. The molecule has 0 unspecified atom stereocenters. The zero-order valence-electron chi connectivity index (χ0n) is 20.3. The molecule has 0 amide bonds. The van der Waals surface area contributed by atoms with Gasteiger partial charge in [-0.25, -0.2) is 0 Å². The number of hydrogen-bond acceptors (Lipinski definition) is 2. The number of pyridine rings is 1. The summed E-state index contributed by atoms with van der Waals surface area (Å²) in [7, 11) is 0. The third-order valence-corrected chi connectivity index (χ3v) is 7.33. The van der Waals surface area contributed by atoms with Crippen LogP contribution < -0.4 is 10.2 Å². The molecule has 1 aliphatic rings. The van der Waals surface area contributed by atoms with Crippen molar-refractivity contribution in [2.75, 3.05) is 4.90 Å². The Balaban J connectivity index is 1.70. The van der Waals surface area contributed by atoms with Gasteiger partial charge in [0.15, 0.2) is 5.11 Å². The standard InChI is InChI=1S/C29H30N4S/c1-18-12-14-23(15-13-18)33-28(27(31-29(33)34)25-10-6-7-16-30-25)24-17-20(3)32(22(24)5)26-11-8-9-19(2)21(26)4/h6-17,27-28H,1-5H3,(H,31,34)/t27-,28+/m1/s1. The first-order chi connectivity index (χ1) is 16.4. The lowest BCUT2D eigenvalue weighted by atomic mass is 9.96. The van der Waals surface area contributed by atoms with Gasteiger partial charge in [0, 0.05) is 29.0 Å². The zero-order valence-corrected chi connectivity index (χ0v) is 21.1. The largest absolute Gasteiger partial charge is 0.351 e. The Morgan fingerprint density at radius 1 is 0.882 bits per heavy atom. The van der Waals surface area contributed by atoms with Crippen LogP contribution in [-0.4, -0.2) is 14.7 Å². The van der Waals surface area contributed by atoms with Crippen LogP contribution in [0.3, 0.4) is 0 Å². The van der Waals surface area contributed by atoms with Crippen molar-refractivity contribution < 1.29 is 0 Å². The molecule has 0 aliphatic carbocycles. The van der Waals surface area contributed by atoms with E-state index in [9.17, 15) is 0 Å². The first kappa shape index (κ1) is 22.4. The van der Waals surface area contributed by atoms with Crippen molar-refractivity contribution in [2.24, 2.45) is 0 Å². The summed E-state index contributed by atoms with van der Waals surface area (Å²) in [5, 5.41) is 4.31. The summed E-state index contributed by atoms with van der Waals surface area (Å²) < 4.78 is 2.38. The predicted octanol–water partition coefficient (Wildman–Crippen LogP) is 6.59. The third kappa shape index (κ3) is 3.70. The van der Waals surface area contributed by atoms with Gasteiger partial charge in [0.1, 0.15) is 0 Å². The summed E-state index contributed by atoms with van der Waals surface area (Å²) in [4.78, 5) is 6.95. The molecule has 1 saturated heterocycles. The van der Waals surface area contributed by atoms with E-state index in [2.05, 4.69) is 104 Å². The molecule has 4 nitrogen and oxygen atoms in total. The van der Waals surface area contributed by atoms with Crippen molar-refractivity contribution in [1.82, 2.24) is 14.9 Å². The zero-order chi connectivity index (χ0) is 24.0. The highest BCUT2D eigenvalue weighted by atomic mass is 32.1. The Morgan fingerprint density at radius 2 is 1.65 bits per heavy atom. The molecule has 1 fully saturated rings. The monoisotopic (exact) mass is 466 g/mol. The normalized spacial score (nSPS) is 17.8. The molecule has 2 aromatic carbocycles. The summed E-state index contributed by atoms with van der Waals surface area (Å²) in [5.74, 6) is 0. The molecule has 34 heavy (non-hydrogen) atoms. The van der Waals surface area contributed by atoms with Crippen LogP contribution in [-0.2, 0) is 0 Å². The van der Waals surface area contributed by atoms with Crippen LogP contribution >= 0.6 is 12.2 Å². The Hall–Kier alpha value is -3.44. The number of aromatic nitrogens is 2. The molecule has 172 valence electrons. The second kappa shape index (κ2) is 8.73. The highest BCUT2D eigenvalue weighted by molar-refractivity contribution is 7.80. The van der Waals surface area contributed by atoms with Crippen LogP contribution in [0.25, 0.3) is 5.69 Å². The molecule has 5 rings (SSSR count). The summed E-state index contributed by atoms with van der Waals surface area (Å²) >= 11 is 5.90. The molecule has 2 aromatic heterocycles. The topological polar surface area (TPSA) is 33.1 Å². The molecule has 5 heteroatoms. The summed E-state index contributed by atoms with van der Waals surface area (Å²) in [5.41, 5.74) is 10.8. The minimum atomic E-state index is -0.0532. The van der Waals surface area contributed by atoms with Gasteiger partial charge in [-0.3, -0.25) is 4.98 Å². The molecule has 0 radical (unpaired) electrons. The molecular weight excluding hydrogens is 436 g/mol. The van der Waals surface area contributed by atoms with E-state index in [0.717, 1.165) is 16.5 Å². The van der Waals surface area contributed by atoms with Crippen LogP contribution in [0.4, 0.5) is 5.69 Å². The van der Waals surface area contributed by atoms with E-state index in [0.29, 0.717) is 0 Å². The van der Waals surface area contributed by atoms with E-state index in [-0.39, 0.29) is 12.1 Å². The van der Waals surface area contributed by atoms with E-state index < -0.39 is 0 Å². The van der Waals surface area contributed by atoms with Crippen molar-refractivity contribution in [2.45, 2.75) is 46.7 Å². The molecule has 3 heterocycles. The van der Waals surface area contributed by atoms with Gasteiger partial charge in [-0.1, -0.05) is 35.9 Å². The molecule has 1 N–H and O–H groups in total. The van der Waals surface area contributed by atoms with E-state index in [1.165, 1.54) is 39.3 Å². The second-order valence-corrected chi connectivity index (χ2v) is 9.60. The predicted molar refractivity (Wildman–Crippen MR) is 144 cm³/mol. The Morgan fingerprint density at radius 3 is 2.35 bits per heavy atom. The van der Waals surface area contributed by atoms with E-state index >= 15 is 0 Å². The number of nitrogens with one attached hydrogen (secondary N) is 1. The molecule has 0 spiro atoms. The van der Waals surface area contributed by atoms with Gasteiger partial charge in [-0.05, 0) is 99.9 Å². The number of nitrogens with zero attached hydrogens (tertiary/aromatic N) is 3. The number of anilines is 1. The number of rotatable bonds is 4. The Kier molecular flexibility index (Phi) is 5.74. The summed E-state index contributed by atoms with van der Waals surface area (Å²) in [6, 6.07) is 23.4. The lowest BCUT2D eigenvalue weighted by Gasteiger charge is -2.28. The van der Waals surface area contributed by atoms with E-state index in [1.54, 1.807) is 0 Å². The average Bonchev–Trinajstić information content (AvgIpc) is 3.32. The van der Waals surface area contributed by atoms with Gasteiger partial charge >= 0.3 is 0 Å². The van der Waals surface area contributed by atoms with Crippen LogP contribution in [0, 0.1) is 34.6 Å². The van der Waals surface area contributed by atoms with Crippen molar-refractivity contribution in [3.8, 4) is 5.69 Å². The highest BCUT2D eigenvalue weighted by Crippen LogP contribution is 2.44. The molecule has 0 bridgehead atoms. The maximum absolute atomic E-state index is 5.90. The fourth-order valence-electron chi connectivity index (χ4n) is 5.09. The minimum Gasteiger partial charge on any atom is -0.351 e. The lowest BCUT2D eigenvalue weighted by molar-refractivity contribution is 0.565. The third-order valence-electron chi connectivity index (χ3n) is 7.02. The van der Waals surface area contributed by atoms with Gasteiger partial charge in [-0.15, -0.1) is 0 Å². The number of hydrogen-bond donors (Lipinski definition) is 1. The van der Waals surface area contributed by atoms with Crippen LogP contribution in [0.2, 0.25) is 0 Å². The first-order valence-corrected chi connectivity index (χ1v) is 12.1. The first-order valence-electron chi connectivity index (χ1n) is 11.7. The van der Waals surface area contributed by atoms with Crippen molar-refractivity contribution in [3.05, 3.63) is 112 Å². The maximum Gasteiger partial charge on any atom is 0.174 e. The summed E-state index contributed by atoms with van der Waals surface area (Å²) in [6.07, 6.45) is 1.85. The highest BCUT2D eigenvalue weighted by Gasteiger charge is 2.42.